The van der Waals surface area contributed by atoms with Gasteiger partial charge in [0.15, 0.2) is 5.15 Å². The van der Waals surface area contributed by atoms with Gasteiger partial charge in [-0.15, -0.1) is 0 Å². The van der Waals surface area contributed by atoms with Crippen LogP contribution in [0.25, 0.3) is 5.65 Å². The van der Waals surface area contributed by atoms with E-state index in [0.29, 0.717) is 30.2 Å². The van der Waals surface area contributed by atoms with Crippen molar-refractivity contribution in [1.82, 2.24) is 14.7 Å². The first-order valence-corrected chi connectivity index (χ1v) is 7.97. The topological polar surface area (TPSA) is 58.4 Å². The lowest BCUT2D eigenvalue weighted by Crippen LogP contribution is -2.32. The molecule has 1 aromatic carbocycles. The van der Waals surface area contributed by atoms with Gasteiger partial charge < -0.3 is 15.0 Å². The Morgan fingerprint density at radius 2 is 2.25 bits per heavy atom. The molecule has 1 amide bonds. The third-order valence-electron chi connectivity index (χ3n) is 4.14. The molecule has 4 rings (SSSR count). The van der Waals surface area contributed by atoms with Gasteiger partial charge in [-0.2, -0.15) is 0 Å². The highest BCUT2D eigenvalue weighted by molar-refractivity contribution is 6.30. The Kier molecular flexibility index (Phi) is 3.61. The Morgan fingerprint density at radius 3 is 3.12 bits per heavy atom. The molecule has 3 aromatic rings. The number of pyridine rings is 1. The van der Waals surface area contributed by atoms with Crippen LogP contribution in [0.15, 0.2) is 36.5 Å². The molecule has 1 aliphatic rings. The van der Waals surface area contributed by atoms with Gasteiger partial charge in [-0.25, -0.2) is 9.37 Å². The summed E-state index contributed by atoms with van der Waals surface area (Å²) in [6.07, 6.45) is 2.49. The monoisotopic (exact) mass is 344 g/mol. The predicted octanol–water partition coefficient (Wildman–Crippen LogP) is 3.02. The zero-order chi connectivity index (χ0) is 16.7. The lowest BCUT2D eigenvalue weighted by atomic mass is 9.99. The van der Waals surface area contributed by atoms with Crippen LogP contribution in [0, 0.1) is 5.82 Å². The van der Waals surface area contributed by atoms with Gasteiger partial charge in [0.1, 0.15) is 11.5 Å². The number of imidazole rings is 1. The summed E-state index contributed by atoms with van der Waals surface area (Å²) in [4.78, 5) is 16.2. The van der Waals surface area contributed by atoms with Crippen LogP contribution in [0.1, 0.15) is 21.6 Å². The van der Waals surface area contributed by atoms with Crippen molar-refractivity contribution in [3.05, 3.63) is 64.3 Å². The van der Waals surface area contributed by atoms with Crippen LogP contribution in [0.2, 0.25) is 5.15 Å². The maximum Gasteiger partial charge on any atom is 0.251 e. The van der Waals surface area contributed by atoms with E-state index in [1.807, 2.05) is 28.8 Å². The second-order valence-electron chi connectivity index (χ2n) is 5.63. The van der Waals surface area contributed by atoms with Crippen molar-refractivity contribution in [3.8, 4) is 0 Å². The molecule has 1 aliphatic heterocycles. The van der Waals surface area contributed by atoms with E-state index in [1.165, 1.54) is 6.07 Å². The highest BCUT2D eigenvalue weighted by Gasteiger charge is 2.20. The third-order valence-corrected chi connectivity index (χ3v) is 4.45. The Balaban J connectivity index is 1.65. The van der Waals surface area contributed by atoms with Gasteiger partial charge in [0, 0.05) is 18.3 Å². The number of amides is 1. The molecule has 0 atom stereocenters. The second-order valence-corrected chi connectivity index (χ2v) is 5.98. The molecule has 0 saturated carbocycles. The van der Waals surface area contributed by atoms with Gasteiger partial charge in [0.05, 0.1) is 17.9 Å². The average molecular weight is 345 g/mol. The number of aromatic nitrogens is 2. The van der Waals surface area contributed by atoms with E-state index in [4.69, 9.17) is 11.6 Å². The maximum absolute atomic E-state index is 14.3. The first kappa shape index (κ1) is 15.0. The number of hydrogen-bond donors (Lipinski definition) is 2. The number of hydrogen-bond acceptors (Lipinski definition) is 3. The Morgan fingerprint density at radius 1 is 1.38 bits per heavy atom. The minimum Gasteiger partial charge on any atom is -0.377 e. The number of benzene rings is 1. The molecule has 0 fully saturated rings. The molecule has 3 heterocycles. The summed E-state index contributed by atoms with van der Waals surface area (Å²) in [7, 11) is 0. The molecule has 2 aromatic heterocycles. The fourth-order valence-electron chi connectivity index (χ4n) is 2.93. The average Bonchev–Trinajstić information content (AvgIpc) is 2.89. The van der Waals surface area contributed by atoms with Crippen LogP contribution in [-0.2, 0) is 13.0 Å². The van der Waals surface area contributed by atoms with E-state index in [1.54, 1.807) is 6.07 Å². The van der Waals surface area contributed by atoms with E-state index in [2.05, 4.69) is 15.6 Å². The molecule has 0 radical (unpaired) electrons. The first-order chi connectivity index (χ1) is 11.6. The Bertz CT molecular complexity index is 953. The van der Waals surface area contributed by atoms with Crippen molar-refractivity contribution in [2.24, 2.45) is 0 Å². The molecule has 0 spiro atoms. The van der Waals surface area contributed by atoms with Gasteiger partial charge in [-0.1, -0.05) is 17.7 Å². The minimum absolute atomic E-state index is 0.174. The van der Waals surface area contributed by atoms with E-state index in [0.717, 1.165) is 16.9 Å². The zero-order valence-corrected chi connectivity index (χ0v) is 13.4. The van der Waals surface area contributed by atoms with Gasteiger partial charge in [-0.05, 0) is 36.2 Å². The number of nitrogens with one attached hydrogen (secondary N) is 2. The van der Waals surface area contributed by atoms with Gasteiger partial charge >= 0.3 is 0 Å². The zero-order valence-electron chi connectivity index (χ0n) is 12.6. The molecule has 0 aliphatic carbocycles. The van der Waals surface area contributed by atoms with Gasteiger partial charge in [0.2, 0.25) is 0 Å². The number of rotatable bonds is 3. The largest absolute Gasteiger partial charge is 0.377 e. The number of anilines is 1. The molecular weight excluding hydrogens is 331 g/mol. The number of carbonyl (C=O) groups is 1. The molecular formula is C17H14ClFN4O. The molecule has 5 nitrogen and oxygen atoms in total. The van der Waals surface area contributed by atoms with Crippen LogP contribution in [0.3, 0.4) is 0 Å². The lowest BCUT2D eigenvalue weighted by Gasteiger charge is -2.18. The molecule has 7 heteroatoms. The van der Waals surface area contributed by atoms with Crippen LogP contribution in [-0.4, -0.2) is 21.8 Å². The fourth-order valence-corrected chi connectivity index (χ4v) is 3.17. The summed E-state index contributed by atoms with van der Waals surface area (Å²) in [6, 6.07) is 8.57. The molecule has 0 saturated heterocycles. The molecule has 122 valence electrons. The molecule has 2 N–H and O–H groups in total. The SMILES string of the molecule is O=C1NCCc2cc(F)c(NCc3c(Cl)nc4ccccn34)cc21. The number of fused-ring (bicyclic) bond motifs is 2. The Hall–Kier alpha value is -2.60. The number of carbonyl (C=O) groups excluding carboxylic acids is 1. The summed E-state index contributed by atoms with van der Waals surface area (Å²) in [5.41, 5.74) is 2.97. The summed E-state index contributed by atoms with van der Waals surface area (Å²) < 4.78 is 16.1. The minimum atomic E-state index is -0.381. The van der Waals surface area contributed by atoms with Crippen LogP contribution < -0.4 is 10.6 Å². The van der Waals surface area contributed by atoms with Crippen molar-refractivity contribution in [2.45, 2.75) is 13.0 Å². The summed E-state index contributed by atoms with van der Waals surface area (Å²) >= 11 is 6.18. The van der Waals surface area contributed by atoms with E-state index >= 15 is 0 Å². The lowest BCUT2D eigenvalue weighted by molar-refractivity contribution is 0.0946. The molecule has 0 unspecified atom stereocenters. The van der Waals surface area contributed by atoms with Crippen LogP contribution >= 0.6 is 11.6 Å². The maximum atomic E-state index is 14.3. The Labute approximate surface area is 142 Å². The van der Waals surface area contributed by atoms with Crippen molar-refractivity contribution in [1.29, 1.82) is 0 Å². The summed E-state index contributed by atoms with van der Waals surface area (Å²) in [5, 5.41) is 6.15. The van der Waals surface area contributed by atoms with Gasteiger partial charge in [0.25, 0.3) is 5.91 Å². The quantitative estimate of drug-likeness (QED) is 0.768. The van der Waals surface area contributed by atoms with E-state index in [9.17, 15) is 9.18 Å². The number of halogens is 2. The fraction of sp³-hybridized carbons (Fsp3) is 0.176. The highest BCUT2D eigenvalue weighted by Crippen LogP contribution is 2.25. The smallest absolute Gasteiger partial charge is 0.251 e. The van der Waals surface area contributed by atoms with Crippen LogP contribution in [0.4, 0.5) is 10.1 Å². The van der Waals surface area contributed by atoms with Crippen molar-refractivity contribution >= 4 is 28.8 Å². The van der Waals surface area contributed by atoms with Crippen molar-refractivity contribution in [2.75, 3.05) is 11.9 Å². The van der Waals surface area contributed by atoms with Crippen molar-refractivity contribution in [3.63, 3.8) is 0 Å². The van der Waals surface area contributed by atoms with E-state index in [-0.39, 0.29) is 17.4 Å². The standard InChI is InChI=1S/C17H14ClFN4O/c18-16-14(23-6-2-1-3-15(23)22-16)9-21-13-8-11-10(7-12(13)19)4-5-20-17(11)24/h1-3,6-8,21H,4-5,9H2,(H,20,24). The number of nitrogens with zero attached hydrogens (tertiary/aromatic N) is 2. The third kappa shape index (κ3) is 2.49. The van der Waals surface area contributed by atoms with Gasteiger partial charge in [-0.3, -0.25) is 4.79 Å². The molecule has 0 bridgehead atoms. The summed E-state index contributed by atoms with van der Waals surface area (Å²) in [5.74, 6) is -0.555. The molecule has 24 heavy (non-hydrogen) atoms. The van der Waals surface area contributed by atoms with Crippen LogP contribution in [0.5, 0.6) is 0 Å². The summed E-state index contributed by atoms with van der Waals surface area (Å²) in [6.45, 7) is 0.830. The highest BCUT2D eigenvalue weighted by atomic mass is 35.5. The van der Waals surface area contributed by atoms with E-state index < -0.39 is 0 Å². The second kappa shape index (κ2) is 5.79. The first-order valence-electron chi connectivity index (χ1n) is 7.59. The van der Waals surface area contributed by atoms with Crippen molar-refractivity contribution < 1.29 is 9.18 Å². The normalized spacial score (nSPS) is 13.7. The predicted molar refractivity (Wildman–Crippen MR) is 90.0 cm³/mol.